The third kappa shape index (κ3) is 3.59. The lowest BCUT2D eigenvalue weighted by atomic mass is 10.3. The summed E-state index contributed by atoms with van der Waals surface area (Å²) in [5.74, 6) is -0.124. The summed E-state index contributed by atoms with van der Waals surface area (Å²) in [6, 6.07) is 0. The fourth-order valence-electron chi connectivity index (χ4n) is 1.06. The molecule has 15 heavy (non-hydrogen) atoms. The summed E-state index contributed by atoms with van der Waals surface area (Å²) in [5.41, 5.74) is 0.635. The molecule has 1 heterocycles. The molecular formula is C8H10Cl2N2O2S. The molecule has 4 nitrogen and oxygen atoms in total. The van der Waals surface area contributed by atoms with Crippen LogP contribution in [-0.2, 0) is 22.0 Å². The molecule has 1 aromatic rings. The molecule has 0 bridgehead atoms. The zero-order chi connectivity index (χ0) is 11.6. The summed E-state index contributed by atoms with van der Waals surface area (Å²) in [4.78, 5) is 7.76. The van der Waals surface area contributed by atoms with Crippen LogP contribution in [0.15, 0.2) is 0 Å². The summed E-state index contributed by atoms with van der Waals surface area (Å²) in [5, 5.41) is 0.437. The van der Waals surface area contributed by atoms with Gasteiger partial charge in [-0.25, -0.2) is 18.4 Å². The summed E-state index contributed by atoms with van der Waals surface area (Å²) >= 11 is 11.7. The van der Waals surface area contributed by atoms with E-state index in [4.69, 9.17) is 23.2 Å². The number of hydrogen-bond donors (Lipinski definition) is 0. The molecule has 0 fully saturated rings. The molecule has 84 valence electrons. The highest BCUT2D eigenvalue weighted by molar-refractivity contribution is 7.89. The van der Waals surface area contributed by atoms with Crippen LogP contribution >= 0.6 is 23.2 Å². The minimum Gasteiger partial charge on any atom is -0.229 e. The lowest BCUT2D eigenvalue weighted by molar-refractivity contribution is 0.599. The summed E-state index contributed by atoms with van der Waals surface area (Å²) in [6.07, 6.45) is 1.71. The molecule has 0 radical (unpaired) electrons. The molecule has 1 aromatic heterocycles. The van der Waals surface area contributed by atoms with E-state index in [0.29, 0.717) is 12.0 Å². The Morgan fingerprint density at radius 3 is 2.00 bits per heavy atom. The molecule has 0 N–H and O–H groups in total. The van der Waals surface area contributed by atoms with Crippen molar-refractivity contribution in [3.63, 3.8) is 0 Å². The molecule has 0 amide bonds. The van der Waals surface area contributed by atoms with Crippen molar-refractivity contribution in [2.75, 3.05) is 6.26 Å². The van der Waals surface area contributed by atoms with E-state index in [1.54, 1.807) is 0 Å². The van der Waals surface area contributed by atoms with Crippen LogP contribution in [0.1, 0.15) is 18.3 Å². The average Bonchev–Trinajstić information content (AvgIpc) is 1.99. The predicted octanol–water partition coefficient (Wildman–Crippen LogP) is 1.89. The van der Waals surface area contributed by atoms with E-state index in [-0.39, 0.29) is 21.9 Å². The monoisotopic (exact) mass is 268 g/mol. The highest BCUT2D eigenvalue weighted by Gasteiger charge is 2.13. The van der Waals surface area contributed by atoms with Crippen LogP contribution in [0.4, 0.5) is 0 Å². The van der Waals surface area contributed by atoms with E-state index in [2.05, 4.69) is 9.97 Å². The smallest absolute Gasteiger partial charge is 0.154 e. The van der Waals surface area contributed by atoms with Gasteiger partial charge in [-0.15, -0.1) is 0 Å². The van der Waals surface area contributed by atoms with Crippen molar-refractivity contribution in [3.8, 4) is 0 Å². The van der Waals surface area contributed by atoms with Gasteiger partial charge in [0.1, 0.15) is 21.9 Å². The summed E-state index contributed by atoms with van der Waals surface area (Å²) in [7, 11) is -3.17. The Morgan fingerprint density at radius 1 is 1.20 bits per heavy atom. The molecule has 0 spiro atoms. The second-order valence-corrected chi connectivity index (χ2v) is 5.98. The van der Waals surface area contributed by atoms with Gasteiger partial charge in [-0.05, 0) is 6.42 Å². The first-order valence-electron chi connectivity index (χ1n) is 4.22. The Labute approximate surface area is 98.6 Å². The SMILES string of the molecule is CCc1c(Cl)nc(CS(C)(=O)=O)nc1Cl. The van der Waals surface area contributed by atoms with Gasteiger partial charge in [-0.2, -0.15) is 0 Å². The second kappa shape index (κ2) is 4.63. The number of aromatic nitrogens is 2. The van der Waals surface area contributed by atoms with Gasteiger partial charge in [-0.1, -0.05) is 30.1 Å². The maximum absolute atomic E-state index is 11.0. The van der Waals surface area contributed by atoms with E-state index < -0.39 is 9.84 Å². The van der Waals surface area contributed by atoms with Crippen LogP contribution in [0.2, 0.25) is 10.3 Å². The molecule has 7 heteroatoms. The minimum atomic E-state index is -3.17. The molecule has 0 aliphatic rings. The maximum atomic E-state index is 11.0. The first-order chi connectivity index (χ1) is 6.83. The maximum Gasteiger partial charge on any atom is 0.154 e. The predicted molar refractivity (Wildman–Crippen MR) is 60.0 cm³/mol. The lowest BCUT2D eigenvalue weighted by Gasteiger charge is -2.05. The molecule has 0 unspecified atom stereocenters. The van der Waals surface area contributed by atoms with Crippen molar-refractivity contribution >= 4 is 33.0 Å². The van der Waals surface area contributed by atoms with Gasteiger partial charge in [0.25, 0.3) is 0 Å². The molecular weight excluding hydrogens is 259 g/mol. The Bertz CT molecular complexity index is 451. The average molecular weight is 269 g/mol. The highest BCUT2D eigenvalue weighted by Crippen LogP contribution is 2.21. The Balaban J connectivity index is 3.15. The van der Waals surface area contributed by atoms with Gasteiger partial charge >= 0.3 is 0 Å². The molecule has 0 atom stereocenters. The van der Waals surface area contributed by atoms with Crippen molar-refractivity contribution in [1.82, 2.24) is 9.97 Å². The first kappa shape index (κ1) is 12.7. The van der Waals surface area contributed by atoms with Gasteiger partial charge in [0.05, 0.1) is 0 Å². The van der Waals surface area contributed by atoms with Gasteiger partial charge in [0, 0.05) is 11.8 Å². The quantitative estimate of drug-likeness (QED) is 0.786. The van der Waals surface area contributed by atoms with Gasteiger partial charge in [0.2, 0.25) is 0 Å². The normalized spacial score (nSPS) is 11.7. The van der Waals surface area contributed by atoms with Crippen LogP contribution in [0.25, 0.3) is 0 Å². The van der Waals surface area contributed by atoms with Crippen molar-refractivity contribution in [1.29, 1.82) is 0 Å². The Morgan fingerprint density at radius 2 is 1.67 bits per heavy atom. The van der Waals surface area contributed by atoms with Crippen LogP contribution in [0, 0.1) is 0 Å². The molecule has 0 aromatic carbocycles. The van der Waals surface area contributed by atoms with Crippen LogP contribution < -0.4 is 0 Å². The van der Waals surface area contributed by atoms with Gasteiger partial charge in [0.15, 0.2) is 9.84 Å². The van der Waals surface area contributed by atoms with E-state index in [1.165, 1.54) is 0 Å². The molecule has 0 saturated heterocycles. The van der Waals surface area contributed by atoms with E-state index in [1.807, 2.05) is 6.92 Å². The van der Waals surface area contributed by atoms with Crippen molar-refractivity contribution < 1.29 is 8.42 Å². The molecule has 1 rings (SSSR count). The first-order valence-corrected chi connectivity index (χ1v) is 7.03. The van der Waals surface area contributed by atoms with E-state index >= 15 is 0 Å². The fraction of sp³-hybridized carbons (Fsp3) is 0.500. The number of hydrogen-bond acceptors (Lipinski definition) is 4. The summed E-state index contributed by atoms with van der Waals surface area (Å²) < 4.78 is 22.0. The molecule has 0 aliphatic heterocycles. The number of halogens is 2. The zero-order valence-electron chi connectivity index (χ0n) is 8.29. The van der Waals surface area contributed by atoms with E-state index in [9.17, 15) is 8.42 Å². The third-order valence-corrected chi connectivity index (χ3v) is 3.11. The highest BCUT2D eigenvalue weighted by atomic mass is 35.5. The number of nitrogens with zero attached hydrogens (tertiary/aromatic N) is 2. The van der Waals surface area contributed by atoms with Crippen LogP contribution in [0.5, 0.6) is 0 Å². The Kier molecular flexibility index (Phi) is 3.92. The summed E-state index contributed by atoms with van der Waals surface area (Å²) in [6.45, 7) is 1.87. The fourth-order valence-corrected chi connectivity index (χ4v) is 2.35. The van der Waals surface area contributed by atoms with Crippen LogP contribution in [0.3, 0.4) is 0 Å². The van der Waals surface area contributed by atoms with Gasteiger partial charge in [-0.3, -0.25) is 0 Å². The minimum absolute atomic E-state index is 0.129. The van der Waals surface area contributed by atoms with Gasteiger partial charge < -0.3 is 0 Å². The molecule has 0 aliphatic carbocycles. The van der Waals surface area contributed by atoms with Crippen molar-refractivity contribution in [3.05, 3.63) is 21.7 Å². The zero-order valence-corrected chi connectivity index (χ0v) is 10.6. The topological polar surface area (TPSA) is 59.9 Å². The molecule has 0 saturated carbocycles. The number of rotatable bonds is 3. The van der Waals surface area contributed by atoms with Crippen LogP contribution in [-0.4, -0.2) is 24.6 Å². The van der Waals surface area contributed by atoms with Crippen molar-refractivity contribution in [2.45, 2.75) is 19.1 Å². The lowest BCUT2D eigenvalue weighted by Crippen LogP contribution is -2.07. The van der Waals surface area contributed by atoms with Crippen molar-refractivity contribution in [2.24, 2.45) is 0 Å². The second-order valence-electron chi connectivity index (χ2n) is 3.12. The largest absolute Gasteiger partial charge is 0.229 e. The third-order valence-electron chi connectivity index (χ3n) is 1.70. The Hall–Kier alpha value is -0.390. The standard InChI is InChI=1S/C8H10Cl2N2O2S/c1-3-5-7(9)11-6(12-8(5)10)4-15(2,13)14/h3-4H2,1-2H3. The van der Waals surface area contributed by atoms with E-state index in [0.717, 1.165) is 6.26 Å². The number of sulfone groups is 1.